The first-order valence-corrected chi connectivity index (χ1v) is 11.1. The number of aryl methyl sites for hydroxylation is 1. The fourth-order valence-corrected chi connectivity index (χ4v) is 3.97. The van der Waals surface area contributed by atoms with Crippen molar-refractivity contribution in [3.8, 4) is 11.4 Å². The summed E-state index contributed by atoms with van der Waals surface area (Å²) in [5.41, 5.74) is 9.83. The number of nitrogens with zero attached hydrogens (tertiary/aromatic N) is 3. The van der Waals surface area contributed by atoms with E-state index in [1.807, 2.05) is 47.3 Å². The third kappa shape index (κ3) is 4.82. The summed E-state index contributed by atoms with van der Waals surface area (Å²) in [5, 5.41) is 4.22. The van der Waals surface area contributed by atoms with Crippen LogP contribution in [0.15, 0.2) is 84.2 Å². The van der Waals surface area contributed by atoms with Gasteiger partial charge >= 0.3 is 0 Å². The molecule has 4 aromatic rings. The summed E-state index contributed by atoms with van der Waals surface area (Å²) in [6, 6.07) is 22.1. The van der Waals surface area contributed by atoms with E-state index < -0.39 is 0 Å². The lowest BCUT2D eigenvalue weighted by molar-refractivity contribution is 0.0955. The number of nitrogens with one attached hydrogen (secondary N) is 1. The number of benzene rings is 2. The smallest absolute Gasteiger partial charge is 0.271 e. The minimum absolute atomic E-state index is 0.122. The maximum Gasteiger partial charge on any atom is 0.271 e. The van der Waals surface area contributed by atoms with Gasteiger partial charge < -0.3 is 9.13 Å². The van der Waals surface area contributed by atoms with Gasteiger partial charge in [-0.2, -0.15) is 5.10 Å². The lowest BCUT2D eigenvalue weighted by atomic mass is 9.87. The topological polar surface area (TPSA) is 51.3 Å². The van der Waals surface area contributed by atoms with Crippen LogP contribution in [0.4, 0.5) is 0 Å². The number of rotatable bonds is 5. The molecule has 0 spiro atoms. The highest BCUT2D eigenvalue weighted by Crippen LogP contribution is 2.25. The fourth-order valence-electron chi connectivity index (χ4n) is 3.97. The van der Waals surface area contributed by atoms with Crippen LogP contribution in [0.2, 0.25) is 0 Å². The first kappa shape index (κ1) is 22.3. The Morgan fingerprint density at radius 2 is 1.61 bits per heavy atom. The molecule has 0 radical (unpaired) electrons. The van der Waals surface area contributed by atoms with Gasteiger partial charge in [0.1, 0.15) is 0 Å². The van der Waals surface area contributed by atoms with Crippen LogP contribution >= 0.6 is 0 Å². The Balaban J connectivity index is 1.49. The van der Waals surface area contributed by atoms with Gasteiger partial charge in [0.15, 0.2) is 0 Å². The Labute approximate surface area is 195 Å². The van der Waals surface area contributed by atoms with Crippen molar-refractivity contribution in [3.63, 3.8) is 0 Å². The summed E-state index contributed by atoms with van der Waals surface area (Å²) >= 11 is 0. The molecule has 5 heteroatoms. The molecule has 33 heavy (non-hydrogen) atoms. The van der Waals surface area contributed by atoms with E-state index in [4.69, 9.17) is 0 Å². The van der Waals surface area contributed by atoms with Crippen LogP contribution in [0.3, 0.4) is 0 Å². The molecule has 4 rings (SSSR count). The SMILES string of the molecule is Cc1cc(/C=N/NC(=O)c2cccc(-n3cccc3)c2)c(C)n1-c1ccc(C(C)(C)C)cc1. The van der Waals surface area contributed by atoms with Crippen molar-refractivity contribution in [1.82, 2.24) is 14.6 Å². The largest absolute Gasteiger partial charge is 0.324 e. The molecule has 2 heterocycles. The van der Waals surface area contributed by atoms with Crippen molar-refractivity contribution in [2.24, 2.45) is 5.10 Å². The molecule has 0 aliphatic carbocycles. The summed E-state index contributed by atoms with van der Waals surface area (Å²) in [6.07, 6.45) is 5.60. The van der Waals surface area contributed by atoms with E-state index in [0.717, 1.165) is 28.3 Å². The Morgan fingerprint density at radius 3 is 2.27 bits per heavy atom. The van der Waals surface area contributed by atoms with Gasteiger partial charge in [-0.05, 0) is 73.4 Å². The molecule has 0 atom stereocenters. The predicted molar refractivity (Wildman–Crippen MR) is 135 cm³/mol. The number of carbonyl (C=O) groups excluding carboxylic acids is 1. The zero-order valence-corrected chi connectivity index (χ0v) is 19.8. The highest BCUT2D eigenvalue weighted by molar-refractivity contribution is 5.95. The third-order valence-corrected chi connectivity index (χ3v) is 5.84. The monoisotopic (exact) mass is 438 g/mol. The third-order valence-electron chi connectivity index (χ3n) is 5.84. The standard InChI is InChI=1S/C28H30N4O/c1-20-17-23(21(2)32(20)25-13-11-24(12-14-25)28(3,4)5)19-29-30-27(33)22-9-8-10-26(18-22)31-15-6-7-16-31/h6-19H,1-5H3,(H,30,33)/b29-19+. The van der Waals surface area contributed by atoms with E-state index >= 15 is 0 Å². The molecular formula is C28H30N4O. The van der Waals surface area contributed by atoms with E-state index in [1.54, 1.807) is 12.3 Å². The average Bonchev–Trinajstić information content (AvgIpc) is 3.42. The van der Waals surface area contributed by atoms with E-state index in [1.165, 1.54) is 5.56 Å². The van der Waals surface area contributed by atoms with Gasteiger partial charge in [-0.15, -0.1) is 0 Å². The predicted octanol–water partition coefficient (Wildman–Crippen LogP) is 5.95. The summed E-state index contributed by atoms with van der Waals surface area (Å²) in [4.78, 5) is 12.6. The van der Waals surface area contributed by atoms with Crippen molar-refractivity contribution in [2.75, 3.05) is 0 Å². The molecule has 5 nitrogen and oxygen atoms in total. The number of hydrogen-bond acceptors (Lipinski definition) is 2. The Morgan fingerprint density at radius 1 is 0.909 bits per heavy atom. The molecule has 0 aliphatic rings. The summed E-state index contributed by atoms with van der Waals surface area (Å²) < 4.78 is 4.17. The van der Waals surface area contributed by atoms with Crippen LogP contribution in [0, 0.1) is 13.8 Å². The van der Waals surface area contributed by atoms with Gasteiger partial charge in [0, 0.05) is 46.3 Å². The molecule has 0 bridgehead atoms. The molecule has 2 aromatic heterocycles. The molecule has 0 saturated carbocycles. The van der Waals surface area contributed by atoms with Crippen LogP contribution < -0.4 is 5.43 Å². The minimum atomic E-state index is -0.244. The molecule has 0 unspecified atom stereocenters. The van der Waals surface area contributed by atoms with E-state index in [-0.39, 0.29) is 11.3 Å². The number of carbonyl (C=O) groups is 1. The molecule has 0 fully saturated rings. The summed E-state index contributed by atoms with van der Waals surface area (Å²) in [7, 11) is 0. The van der Waals surface area contributed by atoms with Crippen LogP contribution in [0.25, 0.3) is 11.4 Å². The molecule has 168 valence electrons. The molecule has 1 amide bonds. The van der Waals surface area contributed by atoms with E-state index in [0.29, 0.717) is 5.56 Å². The van der Waals surface area contributed by atoms with Crippen molar-refractivity contribution in [2.45, 2.75) is 40.0 Å². The molecule has 1 N–H and O–H groups in total. The van der Waals surface area contributed by atoms with Crippen LogP contribution in [0.5, 0.6) is 0 Å². The maximum absolute atomic E-state index is 12.6. The average molecular weight is 439 g/mol. The Hall–Kier alpha value is -3.86. The number of amides is 1. The summed E-state index contributed by atoms with van der Waals surface area (Å²) in [6.45, 7) is 10.8. The number of aromatic nitrogens is 2. The van der Waals surface area contributed by atoms with Gasteiger partial charge in [0.2, 0.25) is 0 Å². The molecular weight excluding hydrogens is 408 g/mol. The molecule has 2 aromatic carbocycles. The Bertz CT molecular complexity index is 1290. The second kappa shape index (κ2) is 8.94. The first-order chi connectivity index (χ1) is 15.7. The highest BCUT2D eigenvalue weighted by atomic mass is 16.2. The zero-order valence-electron chi connectivity index (χ0n) is 19.8. The van der Waals surface area contributed by atoms with Crippen LogP contribution in [0.1, 0.15) is 53.6 Å². The van der Waals surface area contributed by atoms with Gasteiger partial charge in [-0.3, -0.25) is 4.79 Å². The van der Waals surface area contributed by atoms with Crippen molar-refractivity contribution in [3.05, 3.63) is 107 Å². The lowest BCUT2D eigenvalue weighted by Crippen LogP contribution is -2.17. The molecule has 0 aliphatic heterocycles. The second-order valence-corrected chi connectivity index (χ2v) is 9.30. The van der Waals surface area contributed by atoms with Gasteiger partial charge in [0.25, 0.3) is 5.91 Å². The second-order valence-electron chi connectivity index (χ2n) is 9.30. The normalized spacial score (nSPS) is 11.8. The molecule has 0 saturated heterocycles. The van der Waals surface area contributed by atoms with E-state index in [2.05, 4.69) is 80.0 Å². The zero-order chi connectivity index (χ0) is 23.6. The fraction of sp³-hybridized carbons (Fsp3) is 0.214. The van der Waals surface area contributed by atoms with Crippen molar-refractivity contribution >= 4 is 12.1 Å². The summed E-state index contributed by atoms with van der Waals surface area (Å²) in [5.74, 6) is -0.244. The quantitative estimate of drug-likeness (QED) is 0.304. The van der Waals surface area contributed by atoms with Gasteiger partial charge in [0.05, 0.1) is 6.21 Å². The van der Waals surface area contributed by atoms with Crippen LogP contribution in [-0.4, -0.2) is 21.3 Å². The van der Waals surface area contributed by atoms with E-state index in [9.17, 15) is 4.79 Å². The van der Waals surface area contributed by atoms with Crippen LogP contribution in [-0.2, 0) is 5.41 Å². The van der Waals surface area contributed by atoms with Gasteiger partial charge in [-0.1, -0.05) is 39.0 Å². The van der Waals surface area contributed by atoms with Gasteiger partial charge in [-0.25, -0.2) is 5.43 Å². The van der Waals surface area contributed by atoms with Crippen molar-refractivity contribution < 1.29 is 4.79 Å². The maximum atomic E-state index is 12.6. The first-order valence-electron chi connectivity index (χ1n) is 11.1. The highest BCUT2D eigenvalue weighted by Gasteiger charge is 2.15. The number of hydrazone groups is 1. The minimum Gasteiger partial charge on any atom is -0.324 e. The number of hydrogen-bond donors (Lipinski definition) is 1. The lowest BCUT2D eigenvalue weighted by Gasteiger charge is -2.20. The Kier molecular flexibility index (Phi) is 6.05. The van der Waals surface area contributed by atoms with Crippen molar-refractivity contribution in [1.29, 1.82) is 0 Å².